The maximum absolute atomic E-state index is 13.6. The fourth-order valence-corrected chi connectivity index (χ4v) is 5.12. The lowest BCUT2D eigenvalue weighted by atomic mass is 10.1. The molecule has 9 nitrogen and oxygen atoms in total. The Morgan fingerprint density at radius 1 is 1.08 bits per heavy atom. The Hall–Kier alpha value is -3.92. The maximum atomic E-state index is 13.6. The van der Waals surface area contributed by atoms with Crippen LogP contribution in [-0.2, 0) is 21.2 Å². The van der Waals surface area contributed by atoms with Crippen molar-refractivity contribution < 1.29 is 22.9 Å². The monoisotopic (exact) mass is 511 g/mol. The lowest BCUT2D eigenvalue weighted by Gasteiger charge is -2.25. The Labute approximate surface area is 210 Å². The molecule has 3 aromatic carbocycles. The molecule has 190 valence electrons. The number of nitro groups is 1. The van der Waals surface area contributed by atoms with Gasteiger partial charge in [0.2, 0.25) is 5.91 Å². The van der Waals surface area contributed by atoms with E-state index in [2.05, 4.69) is 12.2 Å². The first-order chi connectivity index (χ1) is 17.1. The Morgan fingerprint density at radius 2 is 1.72 bits per heavy atom. The second kappa shape index (κ2) is 11.2. The first-order valence-corrected chi connectivity index (χ1v) is 12.8. The highest BCUT2D eigenvalue weighted by molar-refractivity contribution is 7.92. The fourth-order valence-electron chi connectivity index (χ4n) is 3.68. The summed E-state index contributed by atoms with van der Waals surface area (Å²) in [5.41, 5.74) is 2.28. The molecule has 0 aliphatic carbocycles. The number of hydrogen-bond donors (Lipinski definition) is 1. The average Bonchev–Trinajstić information content (AvgIpc) is 2.87. The van der Waals surface area contributed by atoms with Gasteiger partial charge in [0.25, 0.3) is 15.7 Å². The zero-order valence-corrected chi connectivity index (χ0v) is 21.4. The summed E-state index contributed by atoms with van der Waals surface area (Å²) in [6.07, 6.45) is 0.896. The molecule has 0 heterocycles. The third kappa shape index (κ3) is 6.01. The molecule has 1 N–H and O–H groups in total. The van der Waals surface area contributed by atoms with Gasteiger partial charge in [-0.25, -0.2) is 8.42 Å². The van der Waals surface area contributed by atoms with Crippen molar-refractivity contribution >= 4 is 27.3 Å². The van der Waals surface area contributed by atoms with Gasteiger partial charge in [-0.2, -0.15) is 0 Å². The van der Waals surface area contributed by atoms with E-state index in [0.29, 0.717) is 11.3 Å². The summed E-state index contributed by atoms with van der Waals surface area (Å²) < 4.78 is 33.3. The van der Waals surface area contributed by atoms with E-state index < -0.39 is 27.4 Å². The number of nitrogens with one attached hydrogen (secondary N) is 1. The van der Waals surface area contributed by atoms with Crippen molar-refractivity contribution in [2.45, 2.75) is 38.1 Å². The van der Waals surface area contributed by atoms with E-state index in [-0.39, 0.29) is 22.3 Å². The quantitative estimate of drug-likeness (QED) is 0.315. The van der Waals surface area contributed by atoms with Crippen LogP contribution < -0.4 is 14.4 Å². The molecule has 0 fully saturated rings. The van der Waals surface area contributed by atoms with Gasteiger partial charge in [0.05, 0.1) is 28.7 Å². The zero-order chi connectivity index (χ0) is 26.5. The van der Waals surface area contributed by atoms with Gasteiger partial charge in [-0.3, -0.25) is 19.2 Å². The number of hydrogen-bond acceptors (Lipinski definition) is 6. The van der Waals surface area contributed by atoms with Crippen molar-refractivity contribution in [1.29, 1.82) is 0 Å². The van der Waals surface area contributed by atoms with Gasteiger partial charge in [-0.15, -0.1) is 0 Å². The number of carbonyl (C=O) groups is 1. The molecule has 0 radical (unpaired) electrons. The smallest absolute Gasteiger partial charge is 0.273 e. The molecule has 3 aromatic rings. The Morgan fingerprint density at radius 3 is 2.28 bits per heavy atom. The van der Waals surface area contributed by atoms with Crippen molar-refractivity contribution in [3.05, 3.63) is 93.5 Å². The normalized spacial score (nSPS) is 12.0. The largest absolute Gasteiger partial charge is 0.497 e. The predicted octanol–water partition coefficient (Wildman–Crippen LogP) is 4.55. The SMILES string of the molecule is CCc1ccc([C@H](C)NC(=O)CN(c2ccc(OC)cc2)S(=O)(=O)c2ccc(C)c([N+](=O)[O-])c2)cc1. The number of carbonyl (C=O) groups excluding carboxylic acids is 1. The van der Waals surface area contributed by atoms with E-state index in [1.807, 2.05) is 31.2 Å². The van der Waals surface area contributed by atoms with Gasteiger partial charge in [-0.05, 0) is 61.7 Å². The topological polar surface area (TPSA) is 119 Å². The fraction of sp³-hybridized carbons (Fsp3) is 0.269. The summed E-state index contributed by atoms with van der Waals surface area (Å²) in [6, 6.07) is 17.3. The molecule has 3 rings (SSSR count). The first-order valence-electron chi connectivity index (χ1n) is 11.4. The van der Waals surface area contributed by atoms with E-state index in [9.17, 15) is 23.3 Å². The highest BCUT2D eigenvalue weighted by atomic mass is 32.2. The van der Waals surface area contributed by atoms with Crippen molar-refractivity contribution in [3.63, 3.8) is 0 Å². The van der Waals surface area contributed by atoms with Crippen LogP contribution in [0.2, 0.25) is 0 Å². The molecule has 36 heavy (non-hydrogen) atoms. The number of nitro benzene ring substituents is 1. The number of nitrogens with zero attached hydrogens (tertiary/aromatic N) is 2. The number of anilines is 1. The number of rotatable bonds is 10. The summed E-state index contributed by atoms with van der Waals surface area (Å²) in [7, 11) is -2.84. The van der Waals surface area contributed by atoms with Crippen LogP contribution in [0.3, 0.4) is 0 Å². The predicted molar refractivity (Wildman–Crippen MR) is 138 cm³/mol. The van der Waals surface area contributed by atoms with Crippen LogP contribution in [0.5, 0.6) is 5.75 Å². The molecule has 1 amide bonds. The van der Waals surface area contributed by atoms with Gasteiger partial charge >= 0.3 is 0 Å². The van der Waals surface area contributed by atoms with Crippen molar-refractivity contribution in [2.24, 2.45) is 0 Å². The van der Waals surface area contributed by atoms with Gasteiger partial charge in [-0.1, -0.05) is 37.3 Å². The second-order valence-electron chi connectivity index (χ2n) is 8.30. The van der Waals surface area contributed by atoms with Crippen LogP contribution in [0.1, 0.15) is 36.6 Å². The zero-order valence-electron chi connectivity index (χ0n) is 20.6. The number of benzene rings is 3. The summed E-state index contributed by atoms with van der Waals surface area (Å²) >= 11 is 0. The van der Waals surface area contributed by atoms with Crippen LogP contribution in [0, 0.1) is 17.0 Å². The third-order valence-electron chi connectivity index (χ3n) is 5.88. The van der Waals surface area contributed by atoms with Crippen molar-refractivity contribution in [1.82, 2.24) is 5.32 Å². The number of aryl methyl sites for hydroxylation is 2. The van der Waals surface area contributed by atoms with E-state index in [1.165, 1.54) is 43.9 Å². The summed E-state index contributed by atoms with van der Waals surface area (Å²) in [6.45, 7) is 4.87. The van der Waals surface area contributed by atoms with Gasteiger partial charge in [0.1, 0.15) is 12.3 Å². The Balaban J connectivity index is 1.94. The molecule has 0 bridgehead atoms. The molecule has 0 aromatic heterocycles. The van der Waals surface area contributed by atoms with Crippen LogP contribution in [0.4, 0.5) is 11.4 Å². The van der Waals surface area contributed by atoms with Crippen LogP contribution in [0.15, 0.2) is 71.6 Å². The summed E-state index contributed by atoms with van der Waals surface area (Å²) in [4.78, 5) is 23.5. The molecule has 0 aliphatic rings. The molecular formula is C26H29N3O6S. The van der Waals surface area contributed by atoms with E-state index in [1.54, 1.807) is 12.1 Å². The molecular weight excluding hydrogens is 482 g/mol. The second-order valence-corrected chi connectivity index (χ2v) is 10.2. The van der Waals surface area contributed by atoms with Crippen LogP contribution in [-0.4, -0.2) is 32.9 Å². The molecule has 10 heteroatoms. The highest BCUT2D eigenvalue weighted by Crippen LogP contribution is 2.29. The lowest BCUT2D eigenvalue weighted by molar-refractivity contribution is -0.385. The number of ether oxygens (including phenoxy) is 1. The minimum absolute atomic E-state index is 0.217. The molecule has 0 saturated carbocycles. The van der Waals surface area contributed by atoms with Crippen molar-refractivity contribution in [2.75, 3.05) is 18.0 Å². The molecule has 0 unspecified atom stereocenters. The maximum Gasteiger partial charge on any atom is 0.273 e. The Bertz CT molecular complexity index is 1340. The summed E-state index contributed by atoms with van der Waals surface area (Å²) in [5.74, 6) is -0.0151. The van der Waals surface area contributed by atoms with Crippen LogP contribution in [0.25, 0.3) is 0 Å². The molecule has 0 aliphatic heterocycles. The Kier molecular flexibility index (Phi) is 8.31. The van der Waals surface area contributed by atoms with Gasteiger partial charge in [0.15, 0.2) is 0 Å². The molecule has 0 saturated heterocycles. The lowest BCUT2D eigenvalue weighted by Crippen LogP contribution is -2.41. The van der Waals surface area contributed by atoms with Gasteiger partial charge in [0, 0.05) is 11.6 Å². The first kappa shape index (κ1) is 26.7. The number of sulfonamides is 1. The standard InChI is InChI=1S/C26H29N3O6S/c1-5-20-7-9-21(10-8-20)19(3)27-26(30)17-28(22-11-13-23(35-4)14-12-22)36(33,34)24-15-6-18(2)25(16-24)29(31)32/h6-16,19H,5,17H2,1-4H3,(H,27,30)/t19-/m0/s1. The molecule has 1 atom stereocenters. The minimum Gasteiger partial charge on any atom is -0.497 e. The van der Waals surface area contributed by atoms with Gasteiger partial charge < -0.3 is 10.1 Å². The number of methoxy groups -OCH3 is 1. The third-order valence-corrected chi connectivity index (χ3v) is 7.65. The average molecular weight is 512 g/mol. The van der Waals surface area contributed by atoms with Crippen LogP contribution >= 0.6 is 0 Å². The highest BCUT2D eigenvalue weighted by Gasteiger charge is 2.29. The van der Waals surface area contributed by atoms with Crippen molar-refractivity contribution in [3.8, 4) is 5.75 Å². The van der Waals surface area contributed by atoms with E-state index >= 15 is 0 Å². The summed E-state index contributed by atoms with van der Waals surface area (Å²) in [5, 5.41) is 14.2. The van der Waals surface area contributed by atoms with E-state index in [4.69, 9.17) is 4.74 Å². The minimum atomic E-state index is -4.32. The van der Waals surface area contributed by atoms with E-state index in [0.717, 1.165) is 22.4 Å². The molecule has 0 spiro atoms. The number of amides is 1.